The number of hydrogen-bond acceptors (Lipinski definition) is 0. The van der Waals surface area contributed by atoms with Gasteiger partial charge in [0.15, 0.2) is 17.5 Å². The molecule has 0 aromatic heterocycles. The fourth-order valence-corrected chi connectivity index (χ4v) is 3.33. The lowest BCUT2D eigenvalue weighted by Gasteiger charge is -2.19. The molecule has 0 heterocycles. The van der Waals surface area contributed by atoms with Gasteiger partial charge in [0.2, 0.25) is 0 Å². The van der Waals surface area contributed by atoms with Gasteiger partial charge in [-0.1, -0.05) is 68.3 Å². The van der Waals surface area contributed by atoms with Crippen LogP contribution >= 0.6 is 0 Å². The van der Waals surface area contributed by atoms with Crippen LogP contribution in [-0.2, 0) is 6.42 Å². The van der Waals surface area contributed by atoms with Gasteiger partial charge in [-0.05, 0) is 30.0 Å². The SMILES string of the molecule is CCCCCc1c(F)c(F)c(F)c(-c2ccccc2)c1-c1ccccc1F. The highest BCUT2D eigenvalue weighted by Gasteiger charge is 2.27. The Labute approximate surface area is 156 Å². The normalized spacial score (nSPS) is 11.0. The quantitative estimate of drug-likeness (QED) is 0.242. The summed E-state index contributed by atoms with van der Waals surface area (Å²) >= 11 is 0. The molecule has 0 spiro atoms. The first kappa shape index (κ1) is 19.2. The van der Waals surface area contributed by atoms with E-state index in [-0.39, 0.29) is 28.7 Å². The number of hydrogen-bond donors (Lipinski definition) is 0. The van der Waals surface area contributed by atoms with Crippen LogP contribution in [0.25, 0.3) is 22.3 Å². The van der Waals surface area contributed by atoms with Gasteiger partial charge in [-0.25, -0.2) is 17.6 Å². The van der Waals surface area contributed by atoms with Gasteiger partial charge in [0.25, 0.3) is 0 Å². The van der Waals surface area contributed by atoms with Crippen LogP contribution in [0.4, 0.5) is 17.6 Å². The zero-order valence-corrected chi connectivity index (χ0v) is 15.0. The van der Waals surface area contributed by atoms with E-state index < -0.39 is 23.3 Å². The van der Waals surface area contributed by atoms with Crippen LogP contribution in [0.5, 0.6) is 0 Å². The molecule has 140 valence electrons. The van der Waals surface area contributed by atoms with Crippen molar-refractivity contribution in [1.82, 2.24) is 0 Å². The summed E-state index contributed by atoms with van der Waals surface area (Å²) in [4.78, 5) is 0. The van der Waals surface area contributed by atoms with Crippen LogP contribution in [0.1, 0.15) is 31.7 Å². The Morgan fingerprint density at radius 2 is 1.33 bits per heavy atom. The molecule has 0 saturated carbocycles. The zero-order chi connectivity index (χ0) is 19.4. The summed E-state index contributed by atoms with van der Waals surface area (Å²) < 4.78 is 58.5. The van der Waals surface area contributed by atoms with Crippen molar-refractivity contribution >= 4 is 0 Å². The summed E-state index contributed by atoms with van der Waals surface area (Å²) in [5.41, 5.74) is 0.453. The van der Waals surface area contributed by atoms with Crippen molar-refractivity contribution in [2.24, 2.45) is 0 Å². The molecule has 3 rings (SSSR count). The van der Waals surface area contributed by atoms with Crippen molar-refractivity contribution in [3.8, 4) is 22.3 Å². The molecule has 0 bridgehead atoms. The molecule has 0 unspecified atom stereocenters. The van der Waals surface area contributed by atoms with Crippen LogP contribution in [0, 0.1) is 23.3 Å². The molecule has 0 fully saturated rings. The van der Waals surface area contributed by atoms with Crippen molar-refractivity contribution in [2.75, 3.05) is 0 Å². The second-order valence-electron chi connectivity index (χ2n) is 6.47. The van der Waals surface area contributed by atoms with Crippen LogP contribution in [0.15, 0.2) is 54.6 Å². The highest BCUT2D eigenvalue weighted by Crippen LogP contribution is 2.41. The molecule has 0 radical (unpaired) electrons. The second kappa shape index (κ2) is 8.38. The van der Waals surface area contributed by atoms with Gasteiger partial charge in [-0.2, -0.15) is 0 Å². The van der Waals surface area contributed by atoms with Gasteiger partial charge in [0.1, 0.15) is 5.82 Å². The highest BCUT2D eigenvalue weighted by molar-refractivity contribution is 5.86. The molecule has 3 aromatic rings. The fourth-order valence-electron chi connectivity index (χ4n) is 3.33. The third-order valence-corrected chi connectivity index (χ3v) is 4.66. The maximum absolute atomic E-state index is 14.9. The number of unbranched alkanes of at least 4 members (excludes halogenated alkanes) is 2. The number of rotatable bonds is 6. The lowest BCUT2D eigenvalue weighted by atomic mass is 9.87. The van der Waals surface area contributed by atoms with Gasteiger partial charge < -0.3 is 0 Å². The smallest absolute Gasteiger partial charge is 0.195 e. The predicted octanol–water partition coefficient (Wildman–Crippen LogP) is 7.31. The predicted molar refractivity (Wildman–Crippen MR) is 100 cm³/mol. The van der Waals surface area contributed by atoms with Crippen LogP contribution in [-0.4, -0.2) is 0 Å². The standard InChI is InChI=1S/C23H20F4/c1-2-3-5-13-17-20(16-12-8-9-14-18(16)24)19(15-10-6-4-7-11-15)22(26)23(27)21(17)25/h4,6-12,14H,2-3,5,13H2,1H3. The third kappa shape index (κ3) is 3.75. The number of halogens is 4. The Hall–Kier alpha value is -2.62. The average Bonchev–Trinajstić information content (AvgIpc) is 2.69. The highest BCUT2D eigenvalue weighted by atomic mass is 19.2. The average molecular weight is 372 g/mol. The van der Waals surface area contributed by atoms with Crippen molar-refractivity contribution in [1.29, 1.82) is 0 Å². The monoisotopic (exact) mass is 372 g/mol. The van der Waals surface area contributed by atoms with E-state index in [9.17, 15) is 17.6 Å². The molecule has 0 nitrogen and oxygen atoms in total. The summed E-state index contributed by atoms with van der Waals surface area (Å²) in [5.74, 6) is -4.64. The second-order valence-corrected chi connectivity index (χ2v) is 6.47. The minimum absolute atomic E-state index is 0.0197. The van der Waals surface area contributed by atoms with Gasteiger partial charge in [0, 0.05) is 16.7 Å². The molecule has 0 N–H and O–H groups in total. The summed E-state index contributed by atoms with van der Waals surface area (Å²) in [6.07, 6.45) is 2.52. The van der Waals surface area contributed by atoms with E-state index in [1.54, 1.807) is 36.4 Å². The number of benzene rings is 3. The minimum atomic E-state index is -1.51. The fraction of sp³-hybridized carbons (Fsp3) is 0.217. The first-order chi connectivity index (χ1) is 13.1. The van der Waals surface area contributed by atoms with Gasteiger partial charge in [-0.15, -0.1) is 0 Å². The molecule has 0 aliphatic carbocycles. The van der Waals surface area contributed by atoms with E-state index in [0.29, 0.717) is 12.0 Å². The maximum atomic E-state index is 14.9. The Kier molecular flexibility index (Phi) is 5.94. The molecular weight excluding hydrogens is 352 g/mol. The Morgan fingerprint density at radius 3 is 2.00 bits per heavy atom. The van der Waals surface area contributed by atoms with Gasteiger partial charge >= 0.3 is 0 Å². The van der Waals surface area contributed by atoms with Crippen molar-refractivity contribution in [3.63, 3.8) is 0 Å². The molecule has 27 heavy (non-hydrogen) atoms. The lowest BCUT2D eigenvalue weighted by Crippen LogP contribution is -2.06. The zero-order valence-electron chi connectivity index (χ0n) is 15.0. The molecular formula is C23H20F4. The largest absolute Gasteiger partial charge is 0.206 e. The molecule has 3 aromatic carbocycles. The van der Waals surface area contributed by atoms with Crippen molar-refractivity contribution in [2.45, 2.75) is 32.6 Å². The summed E-state index contributed by atoms with van der Waals surface area (Å²) in [7, 11) is 0. The molecule has 0 aliphatic rings. The summed E-state index contributed by atoms with van der Waals surface area (Å²) in [6.45, 7) is 1.99. The maximum Gasteiger partial charge on any atom is 0.195 e. The van der Waals surface area contributed by atoms with Crippen molar-refractivity contribution < 1.29 is 17.6 Å². The third-order valence-electron chi connectivity index (χ3n) is 4.66. The molecule has 0 aliphatic heterocycles. The van der Waals surface area contributed by atoms with Crippen LogP contribution < -0.4 is 0 Å². The van der Waals surface area contributed by atoms with Gasteiger partial charge in [0.05, 0.1) is 0 Å². The van der Waals surface area contributed by atoms with E-state index >= 15 is 0 Å². The Balaban J connectivity index is 2.36. The topological polar surface area (TPSA) is 0 Å². The Morgan fingerprint density at radius 1 is 0.667 bits per heavy atom. The molecule has 0 saturated heterocycles. The summed E-state index contributed by atoms with van der Waals surface area (Å²) in [5, 5.41) is 0. The van der Waals surface area contributed by atoms with Crippen LogP contribution in [0.3, 0.4) is 0 Å². The molecule has 0 amide bonds. The molecule has 4 heteroatoms. The van der Waals surface area contributed by atoms with E-state index in [0.717, 1.165) is 12.8 Å². The van der Waals surface area contributed by atoms with E-state index in [2.05, 4.69) is 0 Å². The lowest BCUT2D eigenvalue weighted by molar-refractivity contribution is 0.442. The first-order valence-corrected chi connectivity index (χ1v) is 9.05. The van der Waals surface area contributed by atoms with Crippen molar-refractivity contribution in [3.05, 3.63) is 83.4 Å². The van der Waals surface area contributed by atoms with E-state index in [1.807, 2.05) is 6.92 Å². The van der Waals surface area contributed by atoms with Gasteiger partial charge in [-0.3, -0.25) is 0 Å². The van der Waals surface area contributed by atoms with E-state index in [4.69, 9.17) is 0 Å². The first-order valence-electron chi connectivity index (χ1n) is 9.05. The Bertz CT molecular complexity index is 933. The van der Waals surface area contributed by atoms with E-state index in [1.165, 1.54) is 18.2 Å². The summed E-state index contributed by atoms with van der Waals surface area (Å²) in [6, 6.07) is 14.1. The molecule has 0 atom stereocenters. The van der Waals surface area contributed by atoms with Crippen LogP contribution in [0.2, 0.25) is 0 Å². The minimum Gasteiger partial charge on any atom is -0.206 e.